The second-order valence-electron chi connectivity index (χ2n) is 5.72. The van der Waals surface area contributed by atoms with E-state index < -0.39 is 0 Å². The van der Waals surface area contributed by atoms with Crippen molar-refractivity contribution in [2.75, 3.05) is 39.9 Å². The van der Waals surface area contributed by atoms with E-state index in [1.807, 2.05) is 0 Å². The first-order chi connectivity index (χ1) is 10.5. The van der Waals surface area contributed by atoms with Crippen LogP contribution in [0, 0.1) is 5.92 Å². The van der Waals surface area contributed by atoms with E-state index in [0.717, 1.165) is 39.1 Å². The molecular formula is C15H23Cl2N3O2. The van der Waals surface area contributed by atoms with Crippen LogP contribution in [-0.4, -0.2) is 55.3 Å². The van der Waals surface area contributed by atoms with E-state index in [2.05, 4.69) is 10.2 Å². The maximum absolute atomic E-state index is 12.2. The fraction of sp³-hybridized carbons (Fsp3) is 0.667. The number of nitrogens with one attached hydrogen (secondary N) is 1. The Kier molecular flexibility index (Phi) is 6.56. The average Bonchev–Trinajstić information content (AvgIpc) is 2.79. The maximum atomic E-state index is 12.2. The van der Waals surface area contributed by atoms with E-state index in [-0.39, 0.29) is 5.91 Å². The largest absolute Gasteiger partial charge is 0.383 e. The summed E-state index contributed by atoms with van der Waals surface area (Å²) in [5.74, 6) is 0.395. The lowest BCUT2D eigenvalue weighted by Crippen LogP contribution is -2.40. The lowest BCUT2D eigenvalue weighted by Gasteiger charge is -2.31. The summed E-state index contributed by atoms with van der Waals surface area (Å²) in [6, 6.07) is 1.60. The molecule has 1 aromatic heterocycles. The minimum atomic E-state index is -0.127. The molecule has 5 nitrogen and oxygen atoms in total. The Morgan fingerprint density at radius 3 is 2.64 bits per heavy atom. The highest BCUT2D eigenvalue weighted by atomic mass is 35.5. The summed E-state index contributed by atoms with van der Waals surface area (Å²) in [6.07, 6.45) is 2.19. The van der Waals surface area contributed by atoms with Gasteiger partial charge in [0.15, 0.2) is 0 Å². The lowest BCUT2D eigenvalue weighted by atomic mass is 9.97. The number of carbonyl (C=O) groups is 1. The van der Waals surface area contributed by atoms with Crippen molar-refractivity contribution in [3.05, 3.63) is 21.9 Å². The molecule has 0 aliphatic carbocycles. The molecule has 1 aromatic rings. The van der Waals surface area contributed by atoms with Gasteiger partial charge in [0, 0.05) is 27.2 Å². The van der Waals surface area contributed by atoms with Crippen LogP contribution >= 0.6 is 23.2 Å². The smallest absolute Gasteiger partial charge is 0.268 e. The van der Waals surface area contributed by atoms with Gasteiger partial charge in [-0.25, -0.2) is 0 Å². The van der Waals surface area contributed by atoms with Crippen LogP contribution in [-0.2, 0) is 11.8 Å². The molecule has 1 amide bonds. The molecule has 124 valence electrons. The van der Waals surface area contributed by atoms with Crippen molar-refractivity contribution >= 4 is 29.1 Å². The van der Waals surface area contributed by atoms with Crippen LogP contribution in [0.15, 0.2) is 6.07 Å². The molecule has 0 spiro atoms. The van der Waals surface area contributed by atoms with Crippen molar-refractivity contribution in [3.63, 3.8) is 0 Å². The summed E-state index contributed by atoms with van der Waals surface area (Å²) in [5, 5.41) is 3.78. The van der Waals surface area contributed by atoms with Crippen molar-refractivity contribution in [1.82, 2.24) is 14.8 Å². The molecule has 1 aliphatic heterocycles. The topological polar surface area (TPSA) is 46.5 Å². The molecule has 0 saturated carbocycles. The van der Waals surface area contributed by atoms with Crippen LogP contribution in [0.25, 0.3) is 0 Å². The molecule has 1 fully saturated rings. The molecule has 0 aromatic carbocycles. The number of amides is 1. The lowest BCUT2D eigenvalue weighted by molar-refractivity contribution is 0.0918. The van der Waals surface area contributed by atoms with E-state index in [0.29, 0.717) is 28.3 Å². The van der Waals surface area contributed by atoms with Gasteiger partial charge in [-0.2, -0.15) is 0 Å². The number of methoxy groups -OCH3 is 1. The van der Waals surface area contributed by atoms with Gasteiger partial charge in [-0.3, -0.25) is 4.79 Å². The average molecular weight is 348 g/mol. The summed E-state index contributed by atoms with van der Waals surface area (Å²) in [5.41, 5.74) is 0.493. The van der Waals surface area contributed by atoms with Crippen LogP contribution in [0.4, 0.5) is 0 Å². The summed E-state index contributed by atoms with van der Waals surface area (Å²) >= 11 is 11.9. The third kappa shape index (κ3) is 4.38. The van der Waals surface area contributed by atoms with E-state index in [1.165, 1.54) is 0 Å². The molecular weight excluding hydrogens is 325 g/mol. The summed E-state index contributed by atoms with van der Waals surface area (Å²) in [6.45, 7) is 4.57. The Hall–Kier alpha value is -0.750. The molecule has 0 unspecified atom stereocenters. The first-order valence-electron chi connectivity index (χ1n) is 7.53. The van der Waals surface area contributed by atoms with Gasteiger partial charge in [0.1, 0.15) is 10.8 Å². The SMILES string of the molecule is COCCN1CCC(CNC(=O)c2cc(Cl)c(Cl)n2C)CC1. The quantitative estimate of drug-likeness (QED) is 0.859. The van der Waals surface area contributed by atoms with E-state index in [9.17, 15) is 4.79 Å². The summed E-state index contributed by atoms with van der Waals surface area (Å²) in [4.78, 5) is 14.6. The van der Waals surface area contributed by atoms with Gasteiger partial charge in [0.05, 0.1) is 11.6 Å². The van der Waals surface area contributed by atoms with Crippen LogP contribution in [0.2, 0.25) is 10.2 Å². The van der Waals surface area contributed by atoms with Crippen molar-refractivity contribution in [1.29, 1.82) is 0 Å². The summed E-state index contributed by atoms with van der Waals surface area (Å²) in [7, 11) is 3.46. The highest BCUT2D eigenvalue weighted by Crippen LogP contribution is 2.25. The Labute approximate surface area is 141 Å². The number of hydrogen-bond acceptors (Lipinski definition) is 3. The molecule has 0 radical (unpaired) electrons. The molecule has 0 bridgehead atoms. The molecule has 7 heteroatoms. The first kappa shape index (κ1) is 17.6. The Morgan fingerprint density at radius 2 is 2.09 bits per heavy atom. The van der Waals surface area contributed by atoms with Crippen LogP contribution < -0.4 is 5.32 Å². The van der Waals surface area contributed by atoms with E-state index >= 15 is 0 Å². The highest BCUT2D eigenvalue weighted by molar-refractivity contribution is 6.41. The highest BCUT2D eigenvalue weighted by Gasteiger charge is 2.21. The second kappa shape index (κ2) is 8.20. The Balaban J connectivity index is 1.77. The molecule has 0 atom stereocenters. The minimum absolute atomic E-state index is 0.127. The number of piperidine rings is 1. The maximum Gasteiger partial charge on any atom is 0.268 e. The second-order valence-corrected chi connectivity index (χ2v) is 6.48. The molecule has 22 heavy (non-hydrogen) atoms. The first-order valence-corrected chi connectivity index (χ1v) is 8.28. The van der Waals surface area contributed by atoms with Crippen LogP contribution in [0.3, 0.4) is 0 Å². The number of likely N-dealkylation sites (tertiary alicyclic amines) is 1. The van der Waals surface area contributed by atoms with E-state index in [1.54, 1.807) is 24.8 Å². The third-order valence-corrected chi connectivity index (χ3v) is 5.06. The number of hydrogen-bond donors (Lipinski definition) is 1. The third-order valence-electron chi connectivity index (χ3n) is 4.22. The number of aromatic nitrogens is 1. The zero-order chi connectivity index (χ0) is 16.1. The summed E-state index contributed by atoms with van der Waals surface area (Å²) < 4.78 is 6.70. The molecule has 2 heterocycles. The Morgan fingerprint density at radius 1 is 1.41 bits per heavy atom. The monoisotopic (exact) mass is 347 g/mol. The van der Waals surface area contributed by atoms with Crippen molar-refractivity contribution in [2.24, 2.45) is 13.0 Å². The predicted octanol–water partition coefficient (Wildman–Crippen LogP) is 2.42. The van der Waals surface area contributed by atoms with Gasteiger partial charge in [-0.1, -0.05) is 23.2 Å². The van der Waals surface area contributed by atoms with Crippen LogP contribution in [0.1, 0.15) is 23.3 Å². The van der Waals surface area contributed by atoms with Crippen LogP contribution in [0.5, 0.6) is 0 Å². The zero-order valence-electron chi connectivity index (χ0n) is 13.1. The zero-order valence-corrected chi connectivity index (χ0v) is 14.6. The molecule has 1 aliphatic rings. The number of rotatable bonds is 6. The van der Waals surface area contributed by atoms with Gasteiger partial charge >= 0.3 is 0 Å². The van der Waals surface area contributed by atoms with Gasteiger partial charge in [-0.15, -0.1) is 0 Å². The standard InChI is InChI=1S/C15H23Cl2N3O2/c1-19-13(9-12(16)14(19)17)15(21)18-10-11-3-5-20(6-4-11)7-8-22-2/h9,11H,3-8,10H2,1-2H3,(H,18,21). The fourth-order valence-corrected chi connectivity index (χ4v) is 3.10. The van der Waals surface area contributed by atoms with Crippen molar-refractivity contribution in [3.8, 4) is 0 Å². The Bertz CT molecular complexity index is 511. The van der Waals surface area contributed by atoms with Crippen molar-refractivity contribution < 1.29 is 9.53 Å². The van der Waals surface area contributed by atoms with Gasteiger partial charge < -0.3 is 19.5 Å². The molecule has 1 N–H and O–H groups in total. The molecule has 1 saturated heterocycles. The number of halogens is 2. The predicted molar refractivity (Wildman–Crippen MR) is 88.8 cm³/mol. The van der Waals surface area contributed by atoms with Gasteiger partial charge in [0.25, 0.3) is 5.91 Å². The van der Waals surface area contributed by atoms with Gasteiger partial charge in [-0.05, 0) is 37.9 Å². The van der Waals surface area contributed by atoms with E-state index in [4.69, 9.17) is 27.9 Å². The molecule has 2 rings (SSSR count). The van der Waals surface area contributed by atoms with Crippen molar-refractivity contribution in [2.45, 2.75) is 12.8 Å². The number of ether oxygens (including phenoxy) is 1. The number of carbonyl (C=O) groups excluding carboxylic acids is 1. The number of nitrogens with zero attached hydrogens (tertiary/aromatic N) is 2. The normalized spacial score (nSPS) is 16.9. The minimum Gasteiger partial charge on any atom is -0.383 e. The fourth-order valence-electron chi connectivity index (χ4n) is 2.72. The van der Waals surface area contributed by atoms with Gasteiger partial charge in [0.2, 0.25) is 0 Å².